The molecule has 3 saturated carbocycles. The Morgan fingerprint density at radius 1 is 1.00 bits per heavy atom. The minimum atomic E-state index is 0.347. The van der Waals surface area contributed by atoms with E-state index in [2.05, 4.69) is 53.5 Å². The minimum absolute atomic E-state index is 0.347. The fraction of sp³-hybridized carbons (Fsp3) is 0.967. The van der Waals surface area contributed by atoms with E-state index >= 15 is 0 Å². The number of amides is 1. The number of nitrogens with zero attached hydrogens (tertiary/aromatic N) is 1. The summed E-state index contributed by atoms with van der Waals surface area (Å²) in [6, 6.07) is 0.484. The van der Waals surface area contributed by atoms with Crippen molar-refractivity contribution in [2.45, 2.75) is 125 Å². The molecule has 2 nitrogen and oxygen atoms in total. The first-order valence-corrected chi connectivity index (χ1v) is 14.4. The molecule has 2 heteroatoms. The van der Waals surface area contributed by atoms with Gasteiger partial charge in [0.2, 0.25) is 5.91 Å². The molecule has 0 aromatic carbocycles. The van der Waals surface area contributed by atoms with Gasteiger partial charge in [0, 0.05) is 19.5 Å². The van der Waals surface area contributed by atoms with Gasteiger partial charge in [0.25, 0.3) is 0 Å². The Bertz CT molecular complexity index is 672. The highest BCUT2D eigenvalue weighted by molar-refractivity contribution is 5.77. The quantitative estimate of drug-likeness (QED) is 0.391. The van der Waals surface area contributed by atoms with Gasteiger partial charge in [-0.3, -0.25) is 4.79 Å². The van der Waals surface area contributed by atoms with Crippen LogP contribution in [0.1, 0.15) is 119 Å². The molecule has 0 aromatic rings. The van der Waals surface area contributed by atoms with Gasteiger partial charge in [-0.05, 0) is 90.8 Å². The lowest BCUT2D eigenvalue weighted by atomic mass is 9.43. The van der Waals surface area contributed by atoms with Gasteiger partial charge in [0.05, 0.1) is 0 Å². The number of carbonyl (C=O) groups excluding carboxylic acids is 1. The largest absolute Gasteiger partial charge is 0.342 e. The summed E-state index contributed by atoms with van der Waals surface area (Å²) in [5.41, 5.74) is 0.907. The predicted molar refractivity (Wildman–Crippen MR) is 135 cm³/mol. The number of piperidine rings is 1. The van der Waals surface area contributed by atoms with Crippen molar-refractivity contribution in [3.63, 3.8) is 0 Å². The summed E-state index contributed by atoms with van der Waals surface area (Å²) in [5.74, 6) is 6.56. The lowest BCUT2D eigenvalue weighted by Crippen LogP contribution is -2.63. The zero-order valence-electron chi connectivity index (χ0n) is 22.5. The molecule has 184 valence electrons. The van der Waals surface area contributed by atoms with E-state index in [4.69, 9.17) is 0 Å². The number of rotatable bonds is 7. The molecule has 8 unspecified atom stereocenters. The summed E-state index contributed by atoms with van der Waals surface area (Å²) in [4.78, 5) is 14.8. The van der Waals surface area contributed by atoms with Crippen molar-refractivity contribution in [3.8, 4) is 0 Å². The van der Waals surface area contributed by atoms with Gasteiger partial charge >= 0.3 is 0 Å². The van der Waals surface area contributed by atoms with Gasteiger partial charge in [0.15, 0.2) is 0 Å². The molecular formula is C30H53NO. The minimum Gasteiger partial charge on any atom is -0.342 e. The summed E-state index contributed by atoms with van der Waals surface area (Å²) in [6.45, 7) is 15.0. The van der Waals surface area contributed by atoms with Gasteiger partial charge < -0.3 is 4.90 Å². The van der Waals surface area contributed by atoms with Crippen LogP contribution in [0.15, 0.2) is 0 Å². The third-order valence-corrected chi connectivity index (χ3v) is 11.6. The fourth-order valence-electron chi connectivity index (χ4n) is 9.97. The zero-order chi connectivity index (χ0) is 23.3. The summed E-state index contributed by atoms with van der Waals surface area (Å²) in [7, 11) is 2.12. The van der Waals surface area contributed by atoms with E-state index in [1.165, 1.54) is 64.2 Å². The van der Waals surface area contributed by atoms with Crippen LogP contribution in [0.3, 0.4) is 0 Å². The van der Waals surface area contributed by atoms with Crippen molar-refractivity contribution in [3.05, 3.63) is 0 Å². The highest BCUT2D eigenvalue weighted by Crippen LogP contribution is 2.68. The van der Waals surface area contributed by atoms with Crippen LogP contribution in [0, 0.1) is 52.3 Å². The highest BCUT2D eigenvalue weighted by atomic mass is 16.2. The van der Waals surface area contributed by atoms with Crippen molar-refractivity contribution < 1.29 is 4.79 Å². The Balaban J connectivity index is 1.57. The Kier molecular flexibility index (Phi) is 7.11. The Hall–Kier alpha value is -0.530. The van der Waals surface area contributed by atoms with E-state index in [0.29, 0.717) is 22.8 Å². The van der Waals surface area contributed by atoms with Crippen molar-refractivity contribution in [2.24, 2.45) is 52.3 Å². The van der Waals surface area contributed by atoms with Crippen LogP contribution in [0.25, 0.3) is 0 Å². The second kappa shape index (κ2) is 9.26. The maximum absolute atomic E-state index is 12.6. The zero-order valence-corrected chi connectivity index (χ0v) is 22.5. The number of hydrogen-bond acceptors (Lipinski definition) is 1. The molecule has 1 saturated heterocycles. The topological polar surface area (TPSA) is 20.3 Å². The maximum atomic E-state index is 12.6. The molecule has 1 amide bonds. The van der Waals surface area contributed by atoms with Crippen LogP contribution in [0.2, 0.25) is 0 Å². The van der Waals surface area contributed by atoms with E-state index in [-0.39, 0.29) is 0 Å². The molecule has 9 atom stereocenters. The molecule has 0 N–H and O–H groups in total. The number of carbonyl (C=O) groups is 1. The number of fused-ring (bicyclic) bond motifs is 5. The molecule has 4 fully saturated rings. The van der Waals surface area contributed by atoms with E-state index < -0.39 is 0 Å². The second-order valence-corrected chi connectivity index (χ2v) is 13.6. The van der Waals surface area contributed by atoms with Crippen LogP contribution in [0.5, 0.6) is 0 Å². The SMILES string of the molecule is CCCC1CC2N(C)C(=O)CC[C@]2(C)C2CCC3(C)C(C(C)CCCC(C)C)CCC3C12. The monoisotopic (exact) mass is 443 g/mol. The predicted octanol–water partition coefficient (Wildman–Crippen LogP) is 7.95. The molecule has 0 bridgehead atoms. The third-order valence-electron chi connectivity index (χ3n) is 11.6. The lowest BCUT2D eigenvalue weighted by Gasteiger charge is -2.64. The van der Waals surface area contributed by atoms with Crippen LogP contribution >= 0.6 is 0 Å². The smallest absolute Gasteiger partial charge is 0.222 e. The third kappa shape index (κ3) is 3.98. The van der Waals surface area contributed by atoms with Gasteiger partial charge in [-0.25, -0.2) is 0 Å². The standard InChI is InChI=1S/C30H53NO/c1-8-10-22-19-26-30(6,18-16-27(32)31(26)7)25-15-17-29(5)23(13-14-24(29)28(22)25)21(4)12-9-11-20(2)3/h20-26,28H,8-19H2,1-7H3/t21?,22?,23?,24?,25?,26?,28?,29?,30-/m1/s1. The molecule has 1 heterocycles. The molecular weight excluding hydrogens is 390 g/mol. The average Bonchev–Trinajstić information content (AvgIpc) is 3.09. The fourth-order valence-corrected chi connectivity index (χ4v) is 9.97. The lowest BCUT2D eigenvalue weighted by molar-refractivity contribution is -0.169. The summed E-state index contributed by atoms with van der Waals surface area (Å²) >= 11 is 0. The molecule has 32 heavy (non-hydrogen) atoms. The van der Waals surface area contributed by atoms with E-state index in [0.717, 1.165) is 54.3 Å². The van der Waals surface area contributed by atoms with Crippen LogP contribution < -0.4 is 0 Å². The number of hydrogen-bond donors (Lipinski definition) is 0. The number of likely N-dealkylation sites (tertiary alicyclic amines) is 1. The molecule has 0 radical (unpaired) electrons. The van der Waals surface area contributed by atoms with Crippen LogP contribution in [-0.4, -0.2) is 23.9 Å². The molecule has 4 aliphatic rings. The van der Waals surface area contributed by atoms with Crippen molar-refractivity contribution >= 4 is 5.91 Å². The van der Waals surface area contributed by atoms with E-state index in [1.54, 1.807) is 0 Å². The molecule has 0 aromatic heterocycles. The summed E-state index contributed by atoms with van der Waals surface area (Å²) < 4.78 is 0. The summed E-state index contributed by atoms with van der Waals surface area (Å²) in [5, 5.41) is 0. The normalized spacial score (nSPS) is 44.9. The second-order valence-electron chi connectivity index (χ2n) is 13.6. The van der Waals surface area contributed by atoms with Gasteiger partial charge in [-0.1, -0.05) is 73.6 Å². The molecule has 1 aliphatic heterocycles. The first kappa shape index (κ1) is 24.6. The molecule has 3 aliphatic carbocycles. The van der Waals surface area contributed by atoms with E-state index in [1.807, 2.05) is 0 Å². The van der Waals surface area contributed by atoms with Gasteiger partial charge in [0.1, 0.15) is 0 Å². The Morgan fingerprint density at radius 3 is 2.41 bits per heavy atom. The maximum Gasteiger partial charge on any atom is 0.222 e. The van der Waals surface area contributed by atoms with Crippen LogP contribution in [-0.2, 0) is 4.79 Å². The Morgan fingerprint density at radius 2 is 1.72 bits per heavy atom. The van der Waals surface area contributed by atoms with Crippen molar-refractivity contribution in [1.29, 1.82) is 0 Å². The molecule has 0 spiro atoms. The van der Waals surface area contributed by atoms with Gasteiger partial charge in [-0.15, -0.1) is 0 Å². The average molecular weight is 444 g/mol. The Labute approximate surface area is 199 Å². The van der Waals surface area contributed by atoms with E-state index in [9.17, 15) is 4.79 Å². The first-order valence-electron chi connectivity index (χ1n) is 14.4. The summed E-state index contributed by atoms with van der Waals surface area (Å²) in [6.07, 6.45) is 15.9. The van der Waals surface area contributed by atoms with Crippen LogP contribution in [0.4, 0.5) is 0 Å². The highest BCUT2D eigenvalue weighted by Gasteiger charge is 2.63. The molecule has 4 rings (SSSR count). The first-order chi connectivity index (χ1) is 15.1. The van der Waals surface area contributed by atoms with Gasteiger partial charge in [-0.2, -0.15) is 0 Å². The van der Waals surface area contributed by atoms with Crippen molar-refractivity contribution in [1.82, 2.24) is 4.90 Å². The van der Waals surface area contributed by atoms with Crippen molar-refractivity contribution in [2.75, 3.05) is 7.05 Å².